The topological polar surface area (TPSA) is 102 Å². The van der Waals surface area contributed by atoms with Crippen molar-refractivity contribution in [3.63, 3.8) is 0 Å². The molecule has 6 atom stereocenters. The van der Waals surface area contributed by atoms with Crippen LogP contribution in [0.1, 0.15) is 71.1 Å². The third-order valence-corrected chi connectivity index (χ3v) is 8.38. The fraction of sp³-hybridized carbons (Fsp3) is 0.471. The summed E-state index contributed by atoms with van der Waals surface area (Å²) >= 11 is 3.59. The maximum atomic E-state index is 12.6. The number of carbonyl (C=O) groups excluding carboxylic acids is 2. The summed E-state index contributed by atoms with van der Waals surface area (Å²) in [6.07, 6.45) is 15.2. The number of ether oxygens (including phenoxy) is 1. The van der Waals surface area contributed by atoms with Gasteiger partial charge in [0, 0.05) is 9.89 Å². The van der Waals surface area contributed by atoms with Crippen LogP contribution < -0.4 is 11.1 Å². The first kappa shape index (κ1) is 34.1. The molecule has 4 N–H and O–H groups in total. The first-order valence-corrected chi connectivity index (χ1v) is 15.0. The van der Waals surface area contributed by atoms with E-state index in [0.717, 1.165) is 15.6 Å². The number of aryl methyl sites for hydroxylation is 1. The van der Waals surface area contributed by atoms with Gasteiger partial charge in [-0.05, 0) is 73.3 Å². The number of amides is 2. The molecule has 1 aromatic rings. The fourth-order valence-electron chi connectivity index (χ4n) is 4.73. The summed E-state index contributed by atoms with van der Waals surface area (Å²) in [6, 6.07) is 5.60. The van der Waals surface area contributed by atoms with Gasteiger partial charge in [-0.3, -0.25) is 4.79 Å². The second-order valence-corrected chi connectivity index (χ2v) is 12.5. The van der Waals surface area contributed by atoms with E-state index in [0.29, 0.717) is 19.3 Å². The average molecular weight is 626 g/mol. The number of nitrogens with one attached hydrogen (secondary N) is 1. The van der Waals surface area contributed by atoms with E-state index in [1.165, 1.54) is 0 Å². The molecule has 0 fully saturated rings. The van der Waals surface area contributed by atoms with Crippen LogP contribution in [-0.4, -0.2) is 29.3 Å². The molecular weight excluding hydrogens is 580 g/mol. The molecule has 6 nitrogen and oxygen atoms in total. The Morgan fingerprint density at radius 1 is 1.20 bits per heavy atom. The molecule has 1 aliphatic heterocycles. The van der Waals surface area contributed by atoms with Gasteiger partial charge in [0.2, 0.25) is 5.91 Å². The minimum absolute atomic E-state index is 0.00243. The summed E-state index contributed by atoms with van der Waals surface area (Å²) in [7, 11) is 0. The fourth-order valence-corrected chi connectivity index (χ4v) is 5.21. The van der Waals surface area contributed by atoms with Gasteiger partial charge >= 0.3 is 6.09 Å². The Morgan fingerprint density at radius 2 is 1.90 bits per heavy atom. The minimum Gasteiger partial charge on any atom is -0.446 e. The number of halogens is 1. The number of nitrogens with two attached hydrogens (primary N) is 1. The van der Waals surface area contributed by atoms with E-state index in [1.54, 1.807) is 18.2 Å². The molecule has 2 amide bonds. The van der Waals surface area contributed by atoms with Crippen LogP contribution in [-0.2, 0) is 9.53 Å². The predicted molar refractivity (Wildman–Crippen MR) is 170 cm³/mol. The smallest absolute Gasteiger partial charge is 0.404 e. The third kappa shape index (κ3) is 11.7. The molecule has 1 aliphatic rings. The van der Waals surface area contributed by atoms with E-state index in [1.807, 2.05) is 64.1 Å². The summed E-state index contributed by atoms with van der Waals surface area (Å²) in [5, 5.41) is 14.1. The Hall–Kier alpha value is -3.08. The van der Waals surface area contributed by atoms with Crippen molar-refractivity contribution in [3.05, 3.63) is 82.4 Å². The van der Waals surface area contributed by atoms with Gasteiger partial charge in [-0.2, -0.15) is 0 Å². The molecule has 41 heavy (non-hydrogen) atoms. The maximum absolute atomic E-state index is 12.6. The molecule has 0 aliphatic carbocycles. The van der Waals surface area contributed by atoms with Crippen LogP contribution in [0.15, 0.2) is 71.3 Å². The van der Waals surface area contributed by atoms with Crippen LogP contribution in [0.25, 0.3) is 0 Å². The van der Waals surface area contributed by atoms with E-state index < -0.39 is 17.6 Å². The molecule has 1 aromatic carbocycles. The van der Waals surface area contributed by atoms with Crippen LogP contribution >= 0.6 is 15.9 Å². The van der Waals surface area contributed by atoms with Crippen LogP contribution in [0.4, 0.5) is 4.79 Å². The molecular formula is C34H45BrN2O4. The van der Waals surface area contributed by atoms with Gasteiger partial charge in [0.15, 0.2) is 0 Å². The Bertz CT molecular complexity index is 1220. The van der Waals surface area contributed by atoms with Crippen molar-refractivity contribution in [1.82, 2.24) is 5.32 Å². The number of aliphatic hydroxyl groups excluding tert-OH is 1. The summed E-state index contributed by atoms with van der Waals surface area (Å²) in [5.41, 5.74) is 6.68. The first-order valence-electron chi connectivity index (χ1n) is 14.2. The summed E-state index contributed by atoms with van der Waals surface area (Å²) in [6.45, 7) is 12.1. The van der Waals surface area contributed by atoms with E-state index in [9.17, 15) is 14.7 Å². The number of aliphatic hydroxyl groups is 1. The van der Waals surface area contributed by atoms with Crippen molar-refractivity contribution in [2.75, 3.05) is 0 Å². The van der Waals surface area contributed by atoms with E-state index in [2.05, 4.69) is 59.1 Å². The van der Waals surface area contributed by atoms with Gasteiger partial charge in [0.25, 0.3) is 0 Å². The number of hydrogen-bond donors (Lipinski definition) is 3. The van der Waals surface area contributed by atoms with Crippen molar-refractivity contribution in [2.24, 2.45) is 28.9 Å². The highest BCUT2D eigenvalue weighted by atomic mass is 79.9. The molecule has 0 spiro atoms. The van der Waals surface area contributed by atoms with Crippen molar-refractivity contribution >= 4 is 27.9 Å². The van der Waals surface area contributed by atoms with Crippen LogP contribution in [0.3, 0.4) is 0 Å². The lowest BCUT2D eigenvalue weighted by molar-refractivity contribution is -0.117. The summed E-state index contributed by atoms with van der Waals surface area (Å²) < 4.78 is 6.28. The average Bonchev–Trinajstić information content (AvgIpc) is 2.88. The number of allylic oxidation sites excluding steroid dienone is 4. The van der Waals surface area contributed by atoms with Gasteiger partial charge in [-0.15, -0.1) is 0 Å². The van der Waals surface area contributed by atoms with E-state index in [-0.39, 0.29) is 35.8 Å². The van der Waals surface area contributed by atoms with Crippen molar-refractivity contribution in [1.29, 1.82) is 0 Å². The van der Waals surface area contributed by atoms with E-state index in [4.69, 9.17) is 10.5 Å². The number of carbonyl (C=O) groups is 2. The van der Waals surface area contributed by atoms with Crippen molar-refractivity contribution < 1.29 is 19.4 Å². The zero-order valence-electron chi connectivity index (χ0n) is 25.1. The Balaban J connectivity index is 2.15. The van der Waals surface area contributed by atoms with Gasteiger partial charge in [-0.1, -0.05) is 111 Å². The van der Waals surface area contributed by atoms with Gasteiger partial charge in [0.1, 0.15) is 6.10 Å². The Labute approximate surface area is 254 Å². The van der Waals surface area contributed by atoms with Crippen LogP contribution in [0.2, 0.25) is 0 Å². The quantitative estimate of drug-likeness (QED) is 0.240. The molecule has 7 heteroatoms. The minimum atomic E-state index is -0.761. The largest absolute Gasteiger partial charge is 0.446 e. The molecule has 2 rings (SSSR count). The van der Waals surface area contributed by atoms with Crippen LogP contribution in [0.5, 0.6) is 0 Å². The molecule has 0 saturated carbocycles. The van der Waals surface area contributed by atoms with Crippen molar-refractivity contribution in [2.45, 2.75) is 79.1 Å². The lowest BCUT2D eigenvalue weighted by atomic mass is 9.82. The number of primary amides is 1. The maximum Gasteiger partial charge on any atom is 0.404 e. The first-order chi connectivity index (χ1) is 19.3. The molecule has 0 saturated heterocycles. The number of hydrogen-bond acceptors (Lipinski definition) is 4. The molecule has 0 unspecified atom stereocenters. The molecule has 222 valence electrons. The third-order valence-electron chi connectivity index (χ3n) is 7.30. The van der Waals surface area contributed by atoms with Gasteiger partial charge < -0.3 is 20.9 Å². The molecule has 0 bridgehead atoms. The monoisotopic (exact) mass is 624 g/mol. The lowest BCUT2D eigenvalue weighted by Gasteiger charge is -2.28. The molecule has 0 aromatic heterocycles. The van der Waals surface area contributed by atoms with Crippen LogP contribution in [0, 0.1) is 41.9 Å². The number of rotatable bonds is 5. The predicted octanol–water partition coefficient (Wildman–Crippen LogP) is 7.09. The second kappa shape index (κ2) is 16.4. The van der Waals surface area contributed by atoms with Gasteiger partial charge in [0.05, 0.1) is 12.1 Å². The molecule has 0 radical (unpaired) electrons. The second-order valence-electron chi connectivity index (χ2n) is 11.7. The molecule has 1 heterocycles. The number of benzene rings is 1. The van der Waals surface area contributed by atoms with Crippen molar-refractivity contribution in [3.8, 4) is 11.8 Å². The summed E-state index contributed by atoms with van der Waals surface area (Å²) in [4.78, 5) is 24.0. The SMILES string of the molecule is Cc1cccc([C@H](O)C(C)(C)/C=C/C#C/C=C/[C@@H]2NC(=O)/C=C\C[C@H](C)C[C@H](OC(N)=O)C[C@H](C)/C=C/[C@H]2C)c1Br. The summed E-state index contributed by atoms with van der Waals surface area (Å²) in [5.74, 6) is 6.26. The highest BCUT2D eigenvalue weighted by Crippen LogP contribution is 2.38. The lowest BCUT2D eigenvalue weighted by Crippen LogP contribution is -2.36. The zero-order valence-corrected chi connectivity index (χ0v) is 26.6. The standard InChI is InChI=1S/C34H45BrN2O4/c1-23-13-11-17-30(38)37-29(25(3)19-18-24(2)22-27(21-23)41-33(36)40)16-9-7-8-10-20-34(5,6)32(39)28-15-12-14-26(4)31(28)35/h9-12,14-20,23-25,27,29,32,39H,13,21-22H2,1-6H3,(H2,36,40)(H,37,38)/b16-9+,17-11-,19-18+,20-10+/t23-,24+,25+,27-,29-,32-/m0/s1. The van der Waals surface area contributed by atoms with Gasteiger partial charge in [-0.25, -0.2) is 4.79 Å². The normalized spacial score (nSPS) is 26.8. The van der Waals surface area contributed by atoms with E-state index >= 15 is 0 Å². The highest BCUT2D eigenvalue weighted by molar-refractivity contribution is 9.10. The Kier molecular flexibility index (Phi) is 13.6. The highest BCUT2D eigenvalue weighted by Gasteiger charge is 2.28. The zero-order chi connectivity index (χ0) is 30.6. The Morgan fingerprint density at radius 3 is 2.61 bits per heavy atom.